The smallest absolute Gasteiger partial charge is 0.227 e. The molecular formula is C15H18N2O3. The molecule has 5 nitrogen and oxygen atoms in total. The first kappa shape index (κ1) is 14.3. The van der Waals surface area contributed by atoms with E-state index in [1.165, 1.54) is 0 Å². The Hall–Kier alpha value is -2.14. The molecule has 0 saturated carbocycles. The summed E-state index contributed by atoms with van der Waals surface area (Å²) in [4.78, 5) is 11.2. The van der Waals surface area contributed by atoms with Crippen LogP contribution in [0.4, 0.5) is 0 Å². The molecule has 0 aliphatic rings. The quantitative estimate of drug-likeness (QED) is 0.574. The number of aromatic nitrogens is 2. The van der Waals surface area contributed by atoms with E-state index in [4.69, 9.17) is 9.47 Å². The maximum absolute atomic E-state index is 11.2. The Morgan fingerprint density at radius 2 is 2.00 bits per heavy atom. The molecule has 2 rings (SSSR count). The van der Waals surface area contributed by atoms with Gasteiger partial charge in [-0.2, -0.15) is 5.10 Å². The molecule has 0 fully saturated rings. The molecule has 0 aliphatic heterocycles. The summed E-state index contributed by atoms with van der Waals surface area (Å²) in [5.74, 6) is 0.461. The maximum Gasteiger partial charge on any atom is 0.227 e. The van der Waals surface area contributed by atoms with Crippen molar-refractivity contribution >= 4 is 6.29 Å². The standard InChI is InChI=1S/C15H18N2O3/c1-3-19-9-10-20-15-14(11-18)12(2)16-17(15)13-7-5-4-6-8-13/h4-8,11H,3,9-10H2,1-2H3. The van der Waals surface area contributed by atoms with Crippen molar-refractivity contribution in [2.24, 2.45) is 0 Å². The van der Waals surface area contributed by atoms with Crippen LogP contribution in [0.1, 0.15) is 23.0 Å². The summed E-state index contributed by atoms with van der Waals surface area (Å²) in [7, 11) is 0. The predicted octanol–water partition coefficient (Wildman–Crippen LogP) is 2.41. The van der Waals surface area contributed by atoms with Crippen LogP contribution in [0.15, 0.2) is 30.3 Å². The van der Waals surface area contributed by atoms with E-state index >= 15 is 0 Å². The van der Waals surface area contributed by atoms with Crippen molar-refractivity contribution in [3.8, 4) is 11.6 Å². The number of carbonyl (C=O) groups is 1. The Kier molecular flexibility index (Phi) is 4.90. The first-order valence-electron chi connectivity index (χ1n) is 6.58. The van der Waals surface area contributed by atoms with Crippen LogP contribution in [-0.2, 0) is 4.74 Å². The van der Waals surface area contributed by atoms with Gasteiger partial charge < -0.3 is 9.47 Å². The van der Waals surface area contributed by atoms with Gasteiger partial charge in [0.25, 0.3) is 0 Å². The highest BCUT2D eigenvalue weighted by atomic mass is 16.5. The molecule has 0 spiro atoms. The minimum atomic E-state index is 0.382. The first-order valence-corrected chi connectivity index (χ1v) is 6.58. The van der Waals surface area contributed by atoms with Crippen molar-refractivity contribution in [1.29, 1.82) is 0 Å². The van der Waals surface area contributed by atoms with Gasteiger partial charge >= 0.3 is 0 Å². The van der Waals surface area contributed by atoms with Crippen LogP contribution in [0, 0.1) is 6.92 Å². The lowest BCUT2D eigenvalue weighted by Gasteiger charge is -2.10. The first-order chi connectivity index (χ1) is 9.77. The minimum Gasteiger partial charge on any atom is -0.475 e. The van der Waals surface area contributed by atoms with Crippen LogP contribution in [0.2, 0.25) is 0 Å². The van der Waals surface area contributed by atoms with Crippen molar-refractivity contribution in [2.75, 3.05) is 19.8 Å². The zero-order chi connectivity index (χ0) is 14.4. The molecule has 0 amide bonds. The second kappa shape index (κ2) is 6.86. The normalized spacial score (nSPS) is 10.5. The van der Waals surface area contributed by atoms with Crippen molar-refractivity contribution in [2.45, 2.75) is 13.8 Å². The van der Waals surface area contributed by atoms with Gasteiger partial charge in [-0.3, -0.25) is 4.79 Å². The molecule has 5 heteroatoms. The Balaban J connectivity index is 2.29. The average Bonchev–Trinajstić information content (AvgIpc) is 2.80. The van der Waals surface area contributed by atoms with Crippen LogP contribution < -0.4 is 4.74 Å². The van der Waals surface area contributed by atoms with Crippen LogP contribution >= 0.6 is 0 Å². The van der Waals surface area contributed by atoms with E-state index in [0.717, 1.165) is 12.0 Å². The summed E-state index contributed by atoms with van der Waals surface area (Å²) in [5, 5.41) is 4.37. The van der Waals surface area contributed by atoms with E-state index in [-0.39, 0.29) is 0 Å². The van der Waals surface area contributed by atoms with E-state index in [1.807, 2.05) is 37.3 Å². The number of carbonyl (C=O) groups excluding carboxylic acids is 1. The zero-order valence-corrected chi connectivity index (χ0v) is 11.7. The fraction of sp³-hybridized carbons (Fsp3) is 0.333. The molecule has 2 aromatic rings. The van der Waals surface area contributed by atoms with Gasteiger partial charge in [0.2, 0.25) is 5.88 Å². The number of nitrogens with zero attached hydrogens (tertiary/aromatic N) is 2. The van der Waals surface area contributed by atoms with Gasteiger partial charge in [-0.25, -0.2) is 4.68 Å². The molecule has 0 unspecified atom stereocenters. The third-order valence-corrected chi connectivity index (χ3v) is 2.85. The minimum absolute atomic E-state index is 0.382. The van der Waals surface area contributed by atoms with Crippen LogP contribution in [0.5, 0.6) is 5.88 Å². The van der Waals surface area contributed by atoms with E-state index in [1.54, 1.807) is 11.6 Å². The van der Waals surface area contributed by atoms with Crippen molar-refractivity contribution in [3.63, 3.8) is 0 Å². The number of ether oxygens (including phenoxy) is 2. The highest BCUT2D eigenvalue weighted by Crippen LogP contribution is 2.24. The second-order valence-electron chi connectivity index (χ2n) is 4.21. The summed E-state index contributed by atoms with van der Waals surface area (Å²) in [6.45, 7) is 5.22. The summed E-state index contributed by atoms with van der Waals surface area (Å²) in [6.07, 6.45) is 0.776. The van der Waals surface area contributed by atoms with E-state index in [2.05, 4.69) is 5.10 Å². The number of hydrogen-bond acceptors (Lipinski definition) is 4. The Morgan fingerprint density at radius 1 is 1.25 bits per heavy atom. The largest absolute Gasteiger partial charge is 0.475 e. The number of aryl methyl sites for hydroxylation is 1. The van der Waals surface area contributed by atoms with Crippen LogP contribution in [0.25, 0.3) is 5.69 Å². The SMILES string of the molecule is CCOCCOc1c(C=O)c(C)nn1-c1ccccc1. The van der Waals surface area contributed by atoms with Gasteiger partial charge in [0.15, 0.2) is 6.29 Å². The number of para-hydroxylation sites is 1. The number of benzene rings is 1. The second-order valence-corrected chi connectivity index (χ2v) is 4.21. The van der Waals surface area contributed by atoms with Crippen molar-refractivity contribution in [3.05, 3.63) is 41.6 Å². The monoisotopic (exact) mass is 274 g/mol. The van der Waals surface area contributed by atoms with E-state index in [0.29, 0.717) is 37.0 Å². The molecule has 1 aromatic heterocycles. The Morgan fingerprint density at radius 3 is 2.65 bits per heavy atom. The predicted molar refractivity (Wildman–Crippen MR) is 75.7 cm³/mol. The fourth-order valence-electron chi connectivity index (χ4n) is 1.88. The number of rotatable bonds is 7. The van der Waals surface area contributed by atoms with Gasteiger partial charge in [0, 0.05) is 6.61 Å². The summed E-state index contributed by atoms with van der Waals surface area (Å²) < 4.78 is 12.6. The molecule has 0 bridgehead atoms. The van der Waals surface area contributed by atoms with Gasteiger partial charge in [-0.05, 0) is 26.0 Å². The zero-order valence-electron chi connectivity index (χ0n) is 11.7. The fourth-order valence-corrected chi connectivity index (χ4v) is 1.88. The lowest BCUT2D eigenvalue weighted by molar-refractivity contribution is 0.104. The highest BCUT2D eigenvalue weighted by Gasteiger charge is 2.17. The molecule has 106 valence electrons. The average molecular weight is 274 g/mol. The van der Waals surface area contributed by atoms with E-state index < -0.39 is 0 Å². The number of hydrogen-bond donors (Lipinski definition) is 0. The van der Waals surface area contributed by atoms with Gasteiger partial charge in [0.05, 0.1) is 23.6 Å². The van der Waals surface area contributed by atoms with Gasteiger partial charge in [0.1, 0.15) is 6.61 Å². The highest BCUT2D eigenvalue weighted by molar-refractivity contribution is 5.80. The summed E-state index contributed by atoms with van der Waals surface area (Å²) >= 11 is 0. The van der Waals surface area contributed by atoms with Crippen molar-refractivity contribution in [1.82, 2.24) is 9.78 Å². The summed E-state index contributed by atoms with van der Waals surface area (Å²) in [5.41, 5.74) is 1.98. The molecule has 0 atom stereocenters. The maximum atomic E-state index is 11.2. The third-order valence-electron chi connectivity index (χ3n) is 2.85. The molecule has 1 aromatic carbocycles. The molecule has 20 heavy (non-hydrogen) atoms. The van der Waals surface area contributed by atoms with Crippen LogP contribution in [-0.4, -0.2) is 35.9 Å². The molecule has 0 N–H and O–H groups in total. The van der Waals surface area contributed by atoms with Gasteiger partial charge in [-0.15, -0.1) is 0 Å². The number of aldehydes is 1. The topological polar surface area (TPSA) is 53.4 Å². The van der Waals surface area contributed by atoms with E-state index in [9.17, 15) is 4.79 Å². The Labute approximate surface area is 118 Å². The third kappa shape index (κ3) is 3.05. The lowest BCUT2D eigenvalue weighted by Crippen LogP contribution is -2.10. The Bertz CT molecular complexity index is 564. The molecule has 0 aliphatic carbocycles. The van der Waals surface area contributed by atoms with Crippen molar-refractivity contribution < 1.29 is 14.3 Å². The van der Waals surface area contributed by atoms with Crippen LogP contribution in [0.3, 0.4) is 0 Å². The molecular weight excluding hydrogens is 256 g/mol. The molecule has 1 heterocycles. The molecule has 0 saturated heterocycles. The lowest BCUT2D eigenvalue weighted by atomic mass is 10.3. The van der Waals surface area contributed by atoms with Gasteiger partial charge in [-0.1, -0.05) is 18.2 Å². The summed E-state index contributed by atoms with van der Waals surface area (Å²) in [6, 6.07) is 9.58. The molecule has 0 radical (unpaired) electrons.